The van der Waals surface area contributed by atoms with Crippen molar-refractivity contribution in [1.82, 2.24) is 0 Å². The van der Waals surface area contributed by atoms with Crippen LogP contribution < -0.4 is 14.7 Å². The molecule has 3 aromatic rings. The van der Waals surface area contributed by atoms with Gasteiger partial charge in [0.1, 0.15) is 0 Å². The molecule has 0 N–H and O–H groups in total. The molecule has 0 unspecified atom stereocenters. The molecular weight excluding hydrogens is 378 g/mol. The molecule has 0 saturated heterocycles. The van der Waals surface area contributed by atoms with E-state index < -0.39 is 0 Å². The van der Waals surface area contributed by atoms with Gasteiger partial charge in [-0.15, -0.1) is 0 Å². The van der Waals surface area contributed by atoms with Gasteiger partial charge in [0, 0.05) is 65.3 Å². The second-order valence-corrected chi connectivity index (χ2v) is 9.24. The van der Waals surface area contributed by atoms with Crippen molar-refractivity contribution < 1.29 is 0 Å². The van der Waals surface area contributed by atoms with Crippen molar-refractivity contribution in [3.63, 3.8) is 0 Å². The molecule has 164 valence electrons. The van der Waals surface area contributed by atoms with Gasteiger partial charge in [0.15, 0.2) is 0 Å². The van der Waals surface area contributed by atoms with Crippen molar-refractivity contribution in [2.75, 3.05) is 57.0 Å². The van der Waals surface area contributed by atoms with Gasteiger partial charge in [-0.25, -0.2) is 0 Å². The molecule has 0 saturated carbocycles. The molecule has 3 nitrogen and oxygen atoms in total. The third-order valence-electron chi connectivity index (χ3n) is 6.27. The monoisotopic (exact) mass is 415 g/mol. The first-order valence-electron chi connectivity index (χ1n) is 10.9. The Kier molecular flexibility index (Phi) is 6.64. The van der Waals surface area contributed by atoms with E-state index >= 15 is 0 Å². The van der Waals surface area contributed by atoms with Crippen LogP contribution in [0.4, 0.5) is 17.1 Å². The number of nitrogens with zero attached hydrogens (tertiary/aromatic N) is 3. The van der Waals surface area contributed by atoms with Crippen LogP contribution in [0.3, 0.4) is 0 Å². The van der Waals surface area contributed by atoms with Crippen LogP contribution in [0.1, 0.15) is 39.3 Å². The maximum atomic E-state index is 2.36. The van der Waals surface area contributed by atoms with Gasteiger partial charge in [0.05, 0.1) is 0 Å². The second kappa shape index (κ2) is 9.05. The Morgan fingerprint density at radius 3 is 0.935 bits per heavy atom. The minimum atomic E-state index is 0.166. The van der Waals surface area contributed by atoms with E-state index in [9.17, 15) is 0 Å². The topological polar surface area (TPSA) is 9.72 Å². The molecule has 0 aliphatic rings. The van der Waals surface area contributed by atoms with Crippen LogP contribution >= 0.6 is 0 Å². The lowest BCUT2D eigenvalue weighted by Crippen LogP contribution is -2.15. The van der Waals surface area contributed by atoms with Crippen LogP contribution in [0, 0.1) is 20.8 Å². The van der Waals surface area contributed by atoms with E-state index in [1.165, 1.54) is 50.4 Å². The third-order valence-corrected chi connectivity index (χ3v) is 6.27. The van der Waals surface area contributed by atoms with Crippen molar-refractivity contribution in [3.05, 3.63) is 88.0 Å². The zero-order valence-corrected chi connectivity index (χ0v) is 20.6. The first-order chi connectivity index (χ1) is 14.6. The fourth-order valence-electron chi connectivity index (χ4n) is 4.15. The number of hydrogen-bond donors (Lipinski definition) is 0. The minimum absolute atomic E-state index is 0.166. The number of rotatable bonds is 6. The Labute approximate surface area is 188 Å². The molecule has 0 aliphatic heterocycles. The fourth-order valence-corrected chi connectivity index (χ4v) is 4.15. The normalized spacial score (nSPS) is 11.0. The predicted octanol–water partition coefficient (Wildman–Crippen LogP) is 5.99. The summed E-state index contributed by atoms with van der Waals surface area (Å²) in [5, 5.41) is 0. The summed E-state index contributed by atoms with van der Waals surface area (Å²) in [6, 6.07) is 20.5. The predicted molar refractivity (Wildman–Crippen MR) is 137 cm³/mol. The van der Waals surface area contributed by atoms with Crippen LogP contribution in [0.2, 0.25) is 0 Å². The van der Waals surface area contributed by atoms with Crippen molar-refractivity contribution in [2.24, 2.45) is 0 Å². The summed E-state index contributed by atoms with van der Waals surface area (Å²) in [6.45, 7) is 6.70. The third kappa shape index (κ3) is 4.71. The lowest BCUT2D eigenvalue weighted by Gasteiger charge is -2.28. The molecule has 3 aromatic carbocycles. The smallest absolute Gasteiger partial charge is 0.0364 e. The highest BCUT2D eigenvalue weighted by molar-refractivity contribution is 5.62. The number of hydrogen-bond acceptors (Lipinski definition) is 3. The maximum absolute atomic E-state index is 2.36. The van der Waals surface area contributed by atoms with E-state index in [-0.39, 0.29) is 5.92 Å². The van der Waals surface area contributed by atoms with Crippen LogP contribution in [0.5, 0.6) is 0 Å². The van der Waals surface area contributed by atoms with Crippen LogP contribution in [0.15, 0.2) is 54.6 Å². The molecule has 0 amide bonds. The molecule has 0 aromatic heterocycles. The van der Waals surface area contributed by atoms with Gasteiger partial charge < -0.3 is 14.7 Å². The van der Waals surface area contributed by atoms with E-state index in [0.29, 0.717) is 0 Å². The first kappa shape index (κ1) is 22.7. The molecule has 3 heteroatoms. The number of aryl methyl sites for hydroxylation is 3. The number of anilines is 3. The summed E-state index contributed by atoms with van der Waals surface area (Å²) in [5.74, 6) is 0.166. The zero-order chi connectivity index (χ0) is 22.9. The van der Waals surface area contributed by atoms with E-state index in [2.05, 4.69) is 132 Å². The maximum Gasteiger partial charge on any atom is 0.0364 e. The van der Waals surface area contributed by atoms with E-state index in [0.717, 1.165) is 0 Å². The summed E-state index contributed by atoms with van der Waals surface area (Å²) in [4.78, 5) is 6.56. The fraction of sp³-hybridized carbons (Fsp3) is 0.357. The van der Waals surface area contributed by atoms with Crippen molar-refractivity contribution in [1.29, 1.82) is 0 Å². The molecule has 3 rings (SSSR count). The average Bonchev–Trinajstić information content (AvgIpc) is 2.71. The Bertz CT molecular complexity index is 927. The molecule has 0 aliphatic carbocycles. The molecule has 31 heavy (non-hydrogen) atoms. The Morgan fingerprint density at radius 1 is 0.452 bits per heavy atom. The largest absolute Gasteiger partial charge is 0.378 e. The van der Waals surface area contributed by atoms with Gasteiger partial charge >= 0.3 is 0 Å². The second-order valence-electron chi connectivity index (χ2n) is 9.24. The molecule has 0 radical (unpaired) electrons. The summed E-state index contributed by atoms with van der Waals surface area (Å²) >= 11 is 0. The van der Waals surface area contributed by atoms with Crippen LogP contribution in [-0.2, 0) is 0 Å². The van der Waals surface area contributed by atoms with Gasteiger partial charge in [-0.1, -0.05) is 18.2 Å². The summed E-state index contributed by atoms with van der Waals surface area (Å²) in [6.07, 6.45) is 0. The summed E-state index contributed by atoms with van der Waals surface area (Å²) < 4.78 is 0. The quantitative estimate of drug-likeness (QED) is 0.458. The van der Waals surface area contributed by atoms with E-state index in [1.807, 2.05) is 0 Å². The number of benzene rings is 3. The summed E-state index contributed by atoms with van der Waals surface area (Å²) in [5.41, 5.74) is 11.7. The van der Waals surface area contributed by atoms with E-state index in [1.54, 1.807) is 0 Å². The minimum Gasteiger partial charge on any atom is -0.378 e. The van der Waals surface area contributed by atoms with Gasteiger partial charge in [-0.3, -0.25) is 0 Å². The highest BCUT2D eigenvalue weighted by Crippen LogP contribution is 2.40. The Hall–Kier alpha value is -2.94. The van der Waals surface area contributed by atoms with Crippen molar-refractivity contribution in [2.45, 2.75) is 26.7 Å². The SMILES string of the molecule is Cc1ccc(N(C)C)cc1C(c1cc(N(C)C)ccc1C)c1cc(N(C)C)ccc1C. The van der Waals surface area contributed by atoms with Crippen LogP contribution in [-0.4, -0.2) is 42.3 Å². The van der Waals surface area contributed by atoms with Gasteiger partial charge in [-0.05, 0) is 90.6 Å². The lowest BCUT2D eigenvalue weighted by atomic mass is 9.79. The average molecular weight is 416 g/mol. The summed E-state index contributed by atoms with van der Waals surface area (Å²) in [7, 11) is 12.7. The van der Waals surface area contributed by atoms with Crippen molar-refractivity contribution >= 4 is 17.1 Å². The van der Waals surface area contributed by atoms with Gasteiger partial charge in [0.25, 0.3) is 0 Å². The van der Waals surface area contributed by atoms with Gasteiger partial charge in [0.2, 0.25) is 0 Å². The standard InChI is InChI=1S/C28H37N3/c1-19-10-13-22(29(4)5)16-25(19)28(26-17-23(30(6)7)14-11-20(26)2)27-18-24(31(8)9)15-12-21(27)3/h10-18,28H,1-9H3. The van der Waals surface area contributed by atoms with Gasteiger partial charge in [-0.2, -0.15) is 0 Å². The zero-order valence-electron chi connectivity index (χ0n) is 20.6. The van der Waals surface area contributed by atoms with Crippen LogP contribution in [0.25, 0.3) is 0 Å². The molecule has 0 heterocycles. The molecule has 0 atom stereocenters. The highest BCUT2D eigenvalue weighted by atomic mass is 15.1. The van der Waals surface area contributed by atoms with E-state index in [4.69, 9.17) is 0 Å². The van der Waals surface area contributed by atoms with Crippen molar-refractivity contribution in [3.8, 4) is 0 Å². The highest BCUT2D eigenvalue weighted by Gasteiger charge is 2.24. The lowest BCUT2D eigenvalue weighted by molar-refractivity contribution is 0.928. The first-order valence-corrected chi connectivity index (χ1v) is 10.9. The molecule has 0 bridgehead atoms. The Balaban J connectivity index is 2.36. The molecule has 0 fully saturated rings. The Morgan fingerprint density at radius 2 is 0.710 bits per heavy atom. The molecular formula is C28H37N3. The molecule has 0 spiro atoms.